The van der Waals surface area contributed by atoms with E-state index in [1.165, 1.54) is 7.11 Å². The molecule has 2 atom stereocenters. The summed E-state index contributed by atoms with van der Waals surface area (Å²) < 4.78 is 5.00. The summed E-state index contributed by atoms with van der Waals surface area (Å²) in [7, 11) is 1.45. The van der Waals surface area contributed by atoms with Gasteiger partial charge >= 0.3 is 5.97 Å². The summed E-state index contributed by atoms with van der Waals surface area (Å²) in [4.78, 5) is 22.3. The second kappa shape index (κ2) is 8.15. The molecule has 0 heterocycles. The van der Waals surface area contributed by atoms with Gasteiger partial charge in [0, 0.05) is 20.1 Å². The second-order valence-electron chi connectivity index (χ2n) is 6.33. The fraction of sp³-hybridized carbons (Fsp3) is 0.857. The van der Waals surface area contributed by atoms with Crippen LogP contribution in [0.5, 0.6) is 0 Å². The smallest absolute Gasteiger partial charge is 0.306 e. The first-order valence-corrected chi connectivity index (χ1v) is 6.65. The van der Waals surface area contributed by atoms with E-state index in [9.17, 15) is 9.59 Å². The van der Waals surface area contributed by atoms with Crippen LogP contribution in [0.3, 0.4) is 0 Å². The summed E-state index contributed by atoms with van der Waals surface area (Å²) in [6.45, 7) is 8.74. The number of carboxylic acids is 1. The van der Waals surface area contributed by atoms with Crippen LogP contribution in [0, 0.1) is 11.3 Å². The van der Waals surface area contributed by atoms with E-state index in [0.29, 0.717) is 12.3 Å². The van der Waals surface area contributed by atoms with Crippen molar-refractivity contribution in [3.05, 3.63) is 0 Å². The monoisotopic (exact) mass is 273 g/mol. The van der Waals surface area contributed by atoms with Gasteiger partial charge in [-0.25, -0.2) is 0 Å². The number of carbonyl (C=O) groups excluding carboxylic acids is 1. The summed E-state index contributed by atoms with van der Waals surface area (Å²) in [6, 6.07) is 0. The Bertz CT molecular complexity index is 296. The molecule has 19 heavy (non-hydrogen) atoms. The number of ether oxygens (including phenoxy) is 1. The lowest BCUT2D eigenvalue weighted by molar-refractivity contribution is -0.140. The van der Waals surface area contributed by atoms with Crippen LogP contribution in [-0.2, 0) is 14.3 Å². The third-order valence-electron chi connectivity index (χ3n) is 2.76. The normalized spacial score (nSPS) is 14.8. The van der Waals surface area contributed by atoms with Gasteiger partial charge in [0.2, 0.25) is 5.91 Å². The van der Waals surface area contributed by atoms with Gasteiger partial charge in [0.1, 0.15) is 0 Å². The van der Waals surface area contributed by atoms with E-state index in [1.54, 1.807) is 0 Å². The Morgan fingerprint density at radius 2 is 1.84 bits per heavy atom. The number of hydrogen-bond donors (Lipinski definition) is 2. The first-order valence-electron chi connectivity index (χ1n) is 6.65. The molecule has 0 saturated heterocycles. The average molecular weight is 273 g/mol. The first-order chi connectivity index (χ1) is 8.64. The minimum Gasteiger partial charge on any atom is -0.481 e. The third-order valence-corrected chi connectivity index (χ3v) is 2.76. The molecule has 0 rings (SSSR count). The van der Waals surface area contributed by atoms with Crippen molar-refractivity contribution in [2.75, 3.05) is 13.7 Å². The number of hydrogen-bond acceptors (Lipinski definition) is 3. The summed E-state index contributed by atoms with van der Waals surface area (Å²) in [5.74, 6) is -0.674. The van der Waals surface area contributed by atoms with E-state index in [0.717, 1.165) is 6.42 Å². The number of methoxy groups -OCH3 is 1. The molecule has 0 saturated carbocycles. The molecule has 0 radical (unpaired) electrons. The maximum absolute atomic E-state index is 11.7. The van der Waals surface area contributed by atoms with E-state index >= 15 is 0 Å². The molecule has 0 aliphatic heterocycles. The molecule has 5 heteroatoms. The van der Waals surface area contributed by atoms with Crippen LogP contribution in [0.2, 0.25) is 0 Å². The second-order valence-corrected chi connectivity index (χ2v) is 6.33. The van der Waals surface area contributed by atoms with Crippen molar-refractivity contribution in [3.8, 4) is 0 Å². The molecule has 2 unspecified atom stereocenters. The summed E-state index contributed by atoms with van der Waals surface area (Å²) in [6.07, 6.45) is 0.859. The van der Waals surface area contributed by atoms with Crippen molar-refractivity contribution in [1.82, 2.24) is 5.32 Å². The van der Waals surface area contributed by atoms with Crippen LogP contribution < -0.4 is 5.32 Å². The molecule has 0 bridgehead atoms. The molecule has 0 fully saturated rings. The van der Waals surface area contributed by atoms with Gasteiger partial charge in [0.05, 0.1) is 12.5 Å². The number of rotatable bonds is 8. The average Bonchev–Trinajstić information content (AvgIpc) is 2.20. The van der Waals surface area contributed by atoms with Crippen LogP contribution in [0.1, 0.15) is 47.0 Å². The van der Waals surface area contributed by atoms with E-state index in [1.807, 2.05) is 0 Å². The van der Waals surface area contributed by atoms with E-state index < -0.39 is 12.1 Å². The highest BCUT2D eigenvalue weighted by molar-refractivity contribution is 5.76. The Hall–Kier alpha value is -1.10. The number of aliphatic carboxylic acids is 1. The van der Waals surface area contributed by atoms with Crippen molar-refractivity contribution >= 4 is 11.9 Å². The van der Waals surface area contributed by atoms with Gasteiger partial charge in [0.15, 0.2) is 0 Å². The number of carbonyl (C=O) groups is 2. The van der Waals surface area contributed by atoms with Gasteiger partial charge in [-0.05, 0) is 17.8 Å². The molecule has 0 spiro atoms. The predicted molar refractivity (Wildman–Crippen MR) is 73.9 cm³/mol. The Morgan fingerprint density at radius 1 is 1.26 bits per heavy atom. The van der Waals surface area contributed by atoms with Crippen LogP contribution in [0.25, 0.3) is 0 Å². The van der Waals surface area contributed by atoms with Crippen molar-refractivity contribution in [3.63, 3.8) is 0 Å². The molecule has 0 aromatic rings. The SMILES string of the molecule is COC(CNC(=O)CC(C)CC(C)(C)C)CC(=O)O. The lowest BCUT2D eigenvalue weighted by Crippen LogP contribution is -2.35. The van der Waals surface area contributed by atoms with Gasteiger partial charge in [-0.15, -0.1) is 0 Å². The number of amides is 1. The summed E-state index contributed by atoms with van der Waals surface area (Å²) in [5, 5.41) is 11.4. The van der Waals surface area contributed by atoms with Crippen LogP contribution in [0.4, 0.5) is 0 Å². The summed E-state index contributed by atoms with van der Waals surface area (Å²) >= 11 is 0. The van der Waals surface area contributed by atoms with Crippen LogP contribution in [-0.4, -0.2) is 36.7 Å². The standard InChI is InChI=1S/C14H27NO4/c1-10(8-14(2,3)4)6-12(16)15-9-11(19-5)7-13(17)18/h10-11H,6-9H2,1-5H3,(H,15,16)(H,17,18). The Balaban J connectivity index is 4.00. The summed E-state index contributed by atoms with van der Waals surface area (Å²) in [5.41, 5.74) is 0.206. The topological polar surface area (TPSA) is 75.6 Å². The minimum atomic E-state index is -0.929. The molecular formula is C14H27NO4. The first kappa shape index (κ1) is 17.9. The Kier molecular flexibility index (Phi) is 7.68. The third kappa shape index (κ3) is 10.5. The zero-order chi connectivity index (χ0) is 15.1. The predicted octanol–water partition coefficient (Wildman–Crippen LogP) is 2.05. The molecule has 112 valence electrons. The number of carboxylic acid groups (broad SMARTS) is 1. The molecule has 5 nitrogen and oxygen atoms in total. The highest BCUT2D eigenvalue weighted by Crippen LogP contribution is 2.25. The van der Waals surface area contributed by atoms with Gasteiger partial charge in [-0.2, -0.15) is 0 Å². The van der Waals surface area contributed by atoms with E-state index in [4.69, 9.17) is 9.84 Å². The molecule has 0 aromatic heterocycles. The zero-order valence-corrected chi connectivity index (χ0v) is 12.7. The molecule has 0 aromatic carbocycles. The van der Waals surface area contributed by atoms with E-state index in [-0.39, 0.29) is 24.3 Å². The molecule has 2 N–H and O–H groups in total. The van der Waals surface area contributed by atoms with Gasteiger partial charge in [-0.3, -0.25) is 9.59 Å². The Morgan fingerprint density at radius 3 is 2.26 bits per heavy atom. The van der Waals surface area contributed by atoms with Crippen molar-refractivity contribution in [2.24, 2.45) is 11.3 Å². The maximum Gasteiger partial charge on any atom is 0.306 e. The molecule has 0 aliphatic carbocycles. The molecule has 0 aliphatic rings. The van der Waals surface area contributed by atoms with Crippen molar-refractivity contribution in [2.45, 2.75) is 53.1 Å². The minimum absolute atomic E-state index is 0.0517. The highest BCUT2D eigenvalue weighted by Gasteiger charge is 2.19. The fourth-order valence-electron chi connectivity index (χ4n) is 2.17. The lowest BCUT2D eigenvalue weighted by atomic mass is 9.84. The van der Waals surface area contributed by atoms with Gasteiger partial charge < -0.3 is 15.2 Å². The van der Waals surface area contributed by atoms with E-state index in [2.05, 4.69) is 33.0 Å². The van der Waals surface area contributed by atoms with Crippen molar-refractivity contribution < 1.29 is 19.4 Å². The lowest BCUT2D eigenvalue weighted by Gasteiger charge is -2.23. The van der Waals surface area contributed by atoms with Crippen molar-refractivity contribution in [1.29, 1.82) is 0 Å². The highest BCUT2D eigenvalue weighted by atomic mass is 16.5. The van der Waals surface area contributed by atoms with Gasteiger partial charge in [-0.1, -0.05) is 27.7 Å². The zero-order valence-electron chi connectivity index (χ0n) is 12.7. The Labute approximate surface area is 115 Å². The van der Waals surface area contributed by atoms with Crippen LogP contribution >= 0.6 is 0 Å². The van der Waals surface area contributed by atoms with Gasteiger partial charge in [0.25, 0.3) is 0 Å². The molecular weight excluding hydrogens is 246 g/mol. The molecule has 1 amide bonds. The maximum atomic E-state index is 11.7. The quantitative estimate of drug-likeness (QED) is 0.709. The largest absolute Gasteiger partial charge is 0.481 e. The number of nitrogens with one attached hydrogen (secondary N) is 1. The fourth-order valence-corrected chi connectivity index (χ4v) is 2.17. The van der Waals surface area contributed by atoms with Crippen LogP contribution in [0.15, 0.2) is 0 Å².